The first-order valence-corrected chi connectivity index (χ1v) is 7.32. The van der Waals surface area contributed by atoms with Gasteiger partial charge in [-0.3, -0.25) is 4.98 Å². The molecule has 102 valence electrons. The van der Waals surface area contributed by atoms with Crippen LogP contribution in [0.1, 0.15) is 38.7 Å². The van der Waals surface area contributed by atoms with Crippen molar-refractivity contribution >= 4 is 16.6 Å². The standard InChI is InChI=1S/C17H19N3/c1-3-14-9-8-12(2)20(14)17-13(10-18)11-19-16-7-5-4-6-15(16)17/h4-7,11-12,14H,3,8-9H2,1-2H3. The molecule has 3 heteroatoms. The van der Waals surface area contributed by atoms with Crippen molar-refractivity contribution in [1.29, 1.82) is 5.26 Å². The van der Waals surface area contributed by atoms with E-state index < -0.39 is 0 Å². The van der Waals surface area contributed by atoms with Crippen molar-refractivity contribution in [3.63, 3.8) is 0 Å². The molecule has 3 nitrogen and oxygen atoms in total. The van der Waals surface area contributed by atoms with Crippen LogP contribution in [0.25, 0.3) is 10.9 Å². The van der Waals surface area contributed by atoms with E-state index in [4.69, 9.17) is 0 Å². The topological polar surface area (TPSA) is 39.9 Å². The zero-order valence-corrected chi connectivity index (χ0v) is 12.0. The number of hydrogen-bond acceptors (Lipinski definition) is 3. The highest BCUT2D eigenvalue weighted by atomic mass is 15.2. The molecule has 2 atom stereocenters. The van der Waals surface area contributed by atoms with Gasteiger partial charge in [0, 0.05) is 23.7 Å². The lowest BCUT2D eigenvalue weighted by atomic mass is 10.1. The predicted octanol–water partition coefficient (Wildman–Crippen LogP) is 3.87. The minimum Gasteiger partial charge on any atom is -0.364 e. The molecule has 1 aromatic heterocycles. The van der Waals surface area contributed by atoms with E-state index in [0.717, 1.165) is 23.0 Å². The number of nitriles is 1. The molecule has 0 aliphatic carbocycles. The predicted molar refractivity (Wildman–Crippen MR) is 81.7 cm³/mol. The second kappa shape index (κ2) is 5.13. The fourth-order valence-electron chi connectivity index (χ4n) is 3.36. The first kappa shape index (κ1) is 12.9. The summed E-state index contributed by atoms with van der Waals surface area (Å²) in [5, 5.41) is 10.6. The van der Waals surface area contributed by atoms with Crippen LogP contribution in [0, 0.1) is 11.3 Å². The summed E-state index contributed by atoms with van der Waals surface area (Å²) >= 11 is 0. The van der Waals surface area contributed by atoms with Gasteiger partial charge in [0.05, 0.1) is 16.8 Å². The molecule has 20 heavy (non-hydrogen) atoms. The molecule has 2 heterocycles. The Morgan fingerprint density at radius 1 is 1.35 bits per heavy atom. The number of fused-ring (bicyclic) bond motifs is 1. The number of benzene rings is 1. The highest BCUT2D eigenvalue weighted by molar-refractivity contribution is 5.94. The zero-order chi connectivity index (χ0) is 14.1. The van der Waals surface area contributed by atoms with E-state index in [1.54, 1.807) is 6.20 Å². The van der Waals surface area contributed by atoms with Gasteiger partial charge in [-0.05, 0) is 32.3 Å². The highest BCUT2D eigenvalue weighted by Crippen LogP contribution is 2.38. The average Bonchev–Trinajstić information content (AvgIpc) is 2.86. The Labute approximate surface area is 119 Å². The van der Waals surface area contributed by atoms with Crippen LogP contribution < -0.4 is 4.90 Å². The fraction of sp³-hybridized carbons (Fsp3) is 0.412. The van der Waals surface area contributed by atoms with Gasteiger partial charge in [0.25, 0.3) is 0 Å². The lowest BCUT2D eigenvalue weighted by Gasteiger charge is -2.32. The van der Waals surface area contributed by atoms with Gasteiger partial charge in [-0.25, -0.2) is 0 Å². The quantitative estimate of drug-likeness (QED) is 0.827. The lowest BCUT2D eigenvalue weighted by Crippen LogP contribution is -2.34. The average molecular weight is 265 g/mol. The second-order valence-corrected chi connectivity index (χ2v) is 5.55. The van der Waals surface area contributed by atoms with Crippen molar-refractivity contribution in [1.82, 2.24) is 4.98 Å². The summed E-state index contributed by atoms with van der Waals surface area (Å²) in [6, 6.07) is 11.5. The molecule has 1 aliphatic heterocycles. The number of hydrogen-bond donors (Lipinski definition) is 0. The molecule has 1 aliphatic rings. The van der Waals surface area contributed by atoms with E-state index in [-0.39, 0.29) is 0 Å². The highest BCUT2D eigenvalue weighted by Gasteiger charge is 2.32. The van der Waals surface area contributed by atoms with Gasteiger partial charge in [-0.15, -0.1) is 0 Å². The van der Waals surface area contributed by atoms with Crippen molar-refractivity contribution in [2.24, 2.45) is 0 Å². The van der Waals surface area contributed by atoms with E-state index in [9.17, 15) is 5.26 Å². The minimum atomic E-state index is 0.484. The van der Waals surface area contributed by atoms with Gasteiger partial charge in [0.15, 0.2) is 0 Å². The molecule has 0 spiro atoms. The maximum absolute atomic E-state index is 9.47. The third-order valence-electron chi connectivity index (χ3n) is 4.38. The van der Waals surface area contributed by atoms with Gasteiger partial charge in [0.1, 0.15) is 6.07 Å². The Hall–Kier alpha value is -2.08. The largest absolute Gasteiger partial charge is 0.364 e. The van der Waals surface area contributed by atoms with E-state index in [1.807, 2.05) is 18.2 Å². The van der Waals surface area contributed by atoms with Gasteiger partial charge >= 0.3 is 0 Å². The molecule has 1 fully saturated rings. The smallest absolute Gasteiger partial charge is 0.103 e. The first-order valence-electron chi connectivity index (χ1n) is 7.32. The Morgan fingerprint density at radius 3 is 2.90 bits per heavy atom. The summed E-state index contributed by atoms with van der Waals surface area (Å²) in [7, 11) is 0. The summed E-state index contributed by atoms with van der Waals surface area (Å²) in [6.45, 7) is 4.48. The van der Waals surface area contributed by atoms with E-state index in [1.165, 1.54) is 12.8 Å². The number of para-hydroxylation sites is 1. The summed E-state index contributed by atoms with van der Waals surface area (Å²) in [6.07, 6.45) is 5.24. The van der Waals surface area contributed by atoms with Gasteiger partial charge < -0.3 is 4.90 Å². The van der Waals surface area contributed by atoms with Crippen LogP contribution in [0.15, 0.2) is 30.5 Å². The van der Waals surface area contributed by atoms with Crippen LogP contribution in [-0.2, 0) is 0 Å². The summed E-state index contributed by atoms with van der Waals surface area (Å²) in [5.41, 5.74) is 2.74. The van der Waals surface area contributed by atoms with Crippen LogP contribution in [-0.4, -0.2) is 17.1 Å². The van der Waals surface area contributed by atoms with Crippen molar-refractivity contribution < 1.29 is 0 Å². The normalized spacial score (nSPS) is 22.1. The Bertz CT molecular complexity index is 671. The van der Waals surface area contributed by atoms with Crippen LogP contribution in [0.4, 0.5) is 5.69 Å². The van der Waals surface area contributed by atoms with E-state index in [2.05, 4.69) is 35.9 Å². The molecule has 2 unspecified atom stereocenters. The SMILES string of the molecule is CCC1CCC(C)N1c1c(C#N)cnc2ccccc12. The molecule has 0 amide bonds. The molecule has 2 aromatic rings. The maximum Gasteiger partial charge on any atom is 0.103 e. The molecule has 1 aromatic carbocycles. The second-order valence-electron chi connectivity index (χ2n) is 5.55. The van der Waals surface area contributed by atoms with Crippen molar-refractivity contribution in [3.05, 3.63) is 36.0 Å². The number of pyridine rings is 1. The minimum absolute atomic E-state index is 0.484. The van der Waals surface area contributed by atoms with Crippen LogP contribution in [0.3, 0.4) is 0 Å². The molecule has 0 bridgehead atoms. The number of nitrogens with zero attached hydrogens (tertiary/aromatic N) is 3. The molecule has 0 saturated carbocycles. The molecular weight excluding hydrogens is 246 g/mol. The molecule has 0 radical (unpaired) electrons. The zero-order valence-electron chi connectivity index (χ0n) is 12.0. The Balaban J connectivity index is 2.26. The summed E-state index contributed by atoms with van der Waals surface area (Å²) in [5.74, 6) is 0. The summed E-state index contributed by atoms with van der Waals surface area (Å²) < 4.78 is 0. The molecule has 3 rings (SSSR count). The monoisotopic (exact) mass is 265 g/mol. The molecular formula is C17H19N3. The fourth-order valence-corrected chi connectivity index (χ4v) is 3.36. The van der Waals surface area contributed by atoms with Crippen LogP contribution in [0.2, 0.25) is 0 Å². The number of rotatable bonds is 2. The molecule has 1 saturated heterocycles. The maximum atomic E-state index is 9.47. The van der Waals surface area contributed by atoms with E-state index >= 15 is 0 Å². The Morgan fingerprint density at radius 2 is 2.15 bits per heavy atom. The molecule has 0 N–H and O–H groups in total. The number of aromatic nitrogens is 1. The number of anilines is 1. The van der Waals surface area contributed by atoms with Crippen molar-refractivity contribution in [2.75, 3.05) is 4.90 Å². The lowest BCUT2D eigenvalue weighted by molar-refractivity contribution is 0.629. The van der Waals surface area contributed by atoms with Crippen LogP contribution in [0.5, 0.6) is 0 Å². The van der Waals surface area contributed by atoms with Gasteiger partial charge in [0.2, 0.25) is 0 Å². The summed E-state index contributed by atoms with van der Waals surface area (Å²) in [4.78, 5) is 6.86. The Kier molecular flexibility index (Phi) is 3.31. The van der Waals surface area contributed by atoms with Gasteiger partial charge in [-0.2, -0.15) is 5.26 Å². The van der Waals surface area contributed by atoms with E-state index in [0.29, 0.717) is 17.6 Å². The third-order valence-corrected chi connectivity index (χ3v) is 4.38. The van der Waals surface area contributed by atoms with Crippen molar-refractivity contribution in [2.45, 2.75) is 45.2 Å². The first-order chi connectivity index (χ1) is 9.76. The van der Waals surface area contributed by atoms with Crippen LogP contribution >= 0.6 is 0 Å². The van der Waals surface area contributed by atoms with Crippen molar-refractivity contribution in [3.8, 4) is 6.07 Å². The third kappa shape index (κ3) is 1.92. The van der Waals surface area contributed by atoms with Gasteiger partial charge in [-0.1, -0.05) is 25.1 Å².